The Morgan fingerprint density at radius 1 is 1.18 bits per heavy atom. The van der Waals surface area contributed by atoms with Gasteiger partial charge in [-0.3, -0.25) is 4.79 Å². The fourth-order valence-corrected chi connectivity index (χ4v) is 4.33. The molecule has 7 heteroatoms. The van der Waals surface area contributed by atoms with Gasteiger partial charge < -0.3 is 9.64 Å². The van der Waals surface area contributed by atoms with Crippen LogP contribution in [0.5, 0.6) is 5.19 Å². The summed E-state index contributed by atoms with van der Waals surface area (Å²) in [6, 6.07) is 12.1. The first-order chi connectivity index (χ1) is 13.6. The molecule has 0 bridgehead atoms. The van der Waals surface area contributed by atoms with Crippen LogP contribution in [0.4, 0.5) is 8.78 Å². The Balaban J connectivity index is 1.29. The molecule has 4 nitrogen and oxygen atoms in total. The largest absolute Gasteiger partial charge is 0.467 e. The first-order valence-electron chi connectivity index (χ1n) is 9.32. The van der Waals surface area contributed by atoms with E-state index in [0.717, 1.165) is 29.4 Å². The molecule has 1 aromatic heterocycles. The number of amides is 1. The number of benzene rings is 2. The molecule has 28 heavy (non-hydrogen) atoms. The number of piperidine rings is 1. The van der Waals surface area contributed by atoms with Crippen LogP contribution in [0.25, 0.3) is 10.2 Å². The third-order valence-electron chi connectivity index (χ3n) is 4.93. The molecular weight excluding hydrogens is 382 g/mol. The van der Waals surface area contributed by atoms with Gasteiger partial charge >= 0.3 is 0 Å². The molecule has 0 saturated carbocycles. The van der Waals surface area contributed by atoms with E-state index >= 15 is 0 Å². The first kappa shape index (κ1) is 18.8. The molecule has 0 spiro atoms. The van der Waals surface area contributed by atoms with Gasteiger partial charge in [-0.1, -0.05) is 41.7 Å². The molecule has 0 unspecified atom stereocenters. The minimum absolute atomic E-state index is 0.0772. The zero-order valence-corrected chi connectivity index (χ0v) is 16.1. The van der Waals surface area contributed by atoms with E-state index in [1.165, 1.54) is 6.07 Å². The number of aryl methyl sites for hydroxylation is 1. The Labute approximate surface area is 165 Å². The van der Waals surface area contributed by atoms with E-state index in [1.54, 1.807) is 0 Å². The van der Waals surface area contributed by atoms with Gasteiger partial charge in [-0.25, -0.2) is 8.78 Å². The topological polar surface area (TPSA) is 42.4 Å². The van der Waals surface area contributed by atoms with E-state index in [-0.39, 0.29) is 17.5 Å². The fourth-order valence-electron chi connectivity index (χ4n) is 3.41. The Morgan fingerprint density at radius 3 is 2.68 bits per heavy atom. The van der Waals surface area contributed by atoms with Gasteiger partial charge in [0.1, 0.15) is 17.4 Å². The minimum Gasteiger partial charge on any atom is -0.467 e. The highest BCUT2D eigenvalue weighted by molar-refractivity contribution is 7.20. The van der Waals surface area contributed by atoms with Crippen LogP contribution in [0, 0.1) is 11.6 Å². The zero-order chi connectivity index (χ0) is 19.5. The first-order valence-corrected chi connectivity index (χ1v) is 10.1. The monoisotopic (exact) mass is 402 g/mol. The lowest BCUT2D eigenvalue weighted by Crippen LogP contribution is -2.41. The Bertz CT molecular complexity index is 969. The van der Waals surface area contributed by atoms with Crippen molar-refractivity contribution in [3.63, 3.8) is 0 Å². The lowest BCUT2D eigenvalue weighted by atomic mass is 10.1. The second kappa shape index (κ2) is 8.22. The molecule has 1 aliphatic rings. The van der Waals surface area contributed by atoms with Crippen molar-refractivity contribution in [3.05, 3.63) is 59.7 Å². The number of nitrogens with zero attached hydrogens (tertiary/aromatic N) is 2. The fraction of sp³-hybridized carbons (Fsp3) is 0.333. The molecule has 0 atom stereocenters. The summed E-state index contributed by atoms with van der Waals surface area (Å²) in [7, 11) is 0. The van der Waals surface area contributed by atoms with Crippen molar-refractivity contribution in [1.82, 2.24) is 9.88 Å². The average molecular weight is 402 g/mol. The maximum atomic E-state index is 13.8. The second-order valence-electron chi connectivity index (χ2n) is 6.90. The molecule has 1 fully saturated rings. The van der Waals surface area contributed by atoms with Gasteiger partial charge in [0, 0.05) is 38.4 Å². The molecule has 1 aliphatic heterocycles. The van der Waals surface area contributed by atoms with Gasteiger partial charge in [-0.15, -0.1) is 0 Å². The molecule has 4 rings (SSSR count). The number of thiazole rings is 1. The molecule has 146 valence electrons. The quantitative estimate of drug-likeness (QED) is 0.628. The molecule has 2 heterocycles. The lowest BCUT2D eigenvalue weighted by molar-refractivity contribution is -0.132. The summed E-state index contributed by atoms with van der Waals surface area (Å²) in [5.74, 6) is -1.15. The summed E-state index contributed by atoms with van der Waals surface area (Å²) in [6.07, 6.45) is 2.56. The average Bonchev–Trinajstić information content (AvgIpc) is 3.10. The highest BCUT2D eigenvalue weighted by Gasteiger charge is 2.25. The summed E-state index contributed by atoms with van der Waals surface area (Å²) in [4.78, 5) is 18.4. The standard InChI is InChI=1S/C21H20F2N2O2S/c22-15-12-17(23)20-18(13-15)28-21(24-20)27-16-8-10-25(11-9-16)19(26)7-6-14-4-2-1-3-5-14/h1-5,12-13,16H,6-11H2. The van der Waals surface area contributed by atoms with E-state index in [1.807, 2.05) is 35.2 Å². The van der Waals surface area contributed by atoms with Crippen molar-refractivity contribution < 1.29 is 18.3 Å². The third-order valence-corrected chi connectivity index (χ3v) is 5.82. The van der Waals surface area contributed by atoms with Crippen molar-refractivity contribution in [2.45, 2.75) is 31.8 Å². The van der Waals surface area contributed by atoms with E-state index in [0.29, 0.717) is 42.2 Å². The molecule has 1 saturated heterocycles. The van der Waals surface area contributed by atoms with Crippen LogP contribution in [-0.4, -0.2) is 35.0 Å². The number of carbonyl (C=O) groups is 1. The molecular formula is C21H20F2N2O2S. The molecule has 3 aromatic rings. The third kappa shape index (κ3) is 4.30. The summed E-state index contributed by atoms with van der Waals surface area (Å²) in [6.45, 7) is 1.26. The predicted molar refractivity (Wildman–Crippen MR) is 105 cm³/mol. The van der Waals surface area contributed by atoms with Crippen LogP contribution < -0.4 is 4.74 Å². The Hall–Kier alpha value is -2.54. The van der Waals surface area contributed by atoms with Crippen molar-refractivity contribution in [2.24, 2.45) is 0 Å². The van der Waals surface area contributed by atoms with Crippen LogP contribution in [0.15, 0.2) is 42.5 Å². The van der Waals surface area contributed by atoms with Crippen LogP contribution in [0.3, 0.4) is 0 Å². The predicted octanol–water partition coefficient (Wildman–Crippen LogP) is 4.58. The van der Waals surface area contributed by atoms with E-state index in [9.17, 15) is 13.6 Å². The number of hydrogen-bond acceptors (Lipinski definition) is 4. The van der Waals surface area contributed by atoms with Crippen molar-refractivity contribution in [1.29, 1.82) is 0 Å². The second-order valence-corrected chi connectivity index (χ2v) is 7.89. The Kier molecular flexibility index (Phi) is 5.52. The number of rotatable bonds is 5. The molecule has 1 amide bonds. The van der Waals surface area contributed by atoms with Crippen molar-refractivity contribution in [3.8, 4) is 5.19 Å². The SMILES string of the molecule is O=C(CCc1ccccc1)N1CCC(Oc2nc3c(F)cc(F)cc3s2)CC1. The van der Waals surface area contributed by atoms with Gasteiger partial charge in [0.2, 0.25) is 5.91 Å². The lowest BCUT2D eigenvalue weighted by Gasteiger charge is -2.31. The summed E-state index contributed by atoms with van der Waals surface area (Å²) >= 11 is 1.14. The molecule has 2 aromatic carbocycles. The van der Waals surface area contributed by atoms with E-state index < -0.39 is 11.6 Å². The molecule has 0 aliphatic carbocycles. The normalized spacial score (nSPS) is 15.1. The van der Waals surface area contributed by atoms with Crippen LogP contribution in [-0.2, 0) is 11.2 Å². The maximum absolute atomic E-state index is 13.8. The highest BCUT2D eigenvalue weighted by Crippen LogP contribution is 2.32. The maximum Gasteiger partial charge on any atom is 0.274 e. The van der Waals surface area contributed by atoms with Gasteiger partial charge in [0.05, 0.1) is 4.70 Å². The number of carbonyl (C=O) groups excluding carboxylic acids is 1. The number of fused-ring (bicyclic) bond motifs is 1. The van der Waals surface area contributed by atoms with Gasteiger partial charge in [0.15, 0.2) is 5.82 Å². The summed E-state index contributed by atoms with van der Waals surface area (Å²) in [5.41, 5.74) is 1.29. The van der Waals surface area contributed by atoms with Gasteiger partial charge in [0.25, 0.3) is 5.19 Å². The minimum atomic E-state index is -0.681. The number of hydrogen-bond donors (Lipinski definition) is 0. The summed E-state index contributed by atoms with van der Waals surface area (Å²) in [5, 5.41) is 0.341. The van der Waals surface area contributed by atoms with Crippen molar-refractivity contribution >= 4 is 27.5 Å². The number of aromatic nitrogens is 1. The highest BCUT2D eigenvalue weighted by atomic mass is 32.1. The number of halogens is 2. The summed E-state index contributed by atoms with van der Waals surface area (Å²) < 4.78 is 33.4. The number of likely N-dealkylation sites (tertiary alicyclic amines) is 1. The molecule has 0 radical (unpaired) electrons. The van der Waals surface area contributed by atoms with Crippen molar-refractivity contribution in [2.75, 3.05) is 13.1 Å². The van der Waals surface area contributed by atoms with Gasteiger partial charge in [-0.05, 0) is 18.1 Å². The van der Waals surface area contributed by atoms with E-state index in [2.05, 4.69) is 4.98 Å². The van der Waals surface area contributed by atoms with Crippen LogP contribution >= 0.6 is 11.3 Å². The Morgan fingerprint density at radius 2 is 1.93 bits per heavy atom. The zero-order valence-electron chi connectivity index (χ0n) is 15.2. The smallest absolute Gasteiger partial charge is 0.274 e. The number of ether oxygens (including phenoxy) is 1. The van der Waals surface area contributed by atoms with E-state index in [4.69, 9.17) is 4.74 Å². The van der Waals surface area contributed by atoms with Crippen LogP contribution in [0.2, 0.25) is 0 Å². The van der Waals surface area contributed by atoms with Gasteiger partial charge in [-0.2, -0.15) is 4.98 Å². The van der Waals surface area contributed by atoms with Crippen LogP contribution in [0.1, 0.15) is 24.8 Å². The molecule has 0 N–H and O–H groups in total.